The van der Waals surface area contributed by atoms with E-state index in [9.17, 15) is 4.79 Å². The molecular formula is C36H59N7O2S. The van der Waals surface area contributed by atoms with E-state index in [0.29, 0.717) is 22.8 Å². The van der Waals surface area contributed by atoms with Crippen LogP contribution in [0.5, 0.6) is 5.88 Å². The number of anilines is 3. The molecule has 0 aliphatic carbocycles. The van der Waals surface area contributed by atoms with Crippen LogP contribution in [0.15, 0.2) is 54.6 Å². The van der Waals surface area contributed by atoms with Crippen molar-refractivity contribution < 1.29 is 9.53 Å². The van der Waals surface area contributed by atoms with E-state index in [1.807, 2.05) is 32.2 Å². The van der Waals surface area contributed by atoms with Gasteiger partial charge in [0.15, 0.2) is 16.5 Å². The van der Waals surface area contributed by atoms with Gasteiger partial charge in [-0.25, -0.2) is 4.98 Å². The molecule has 2 aliphatic heterocycles. The van der Waals surface area contributed by atoms with Crippen LogP contribution >= 0.6 is 11.8 Å². The number of carbonyl (C=O) groups excluding carboxylic acids is 1. The number of rotatable bonds is 14. The van der Waals surface area contributed by atoms with Crippen molar-refractivity contribution in [2.75, 3.05) is 62.8 Å². The Hall–Kier alpha value is -3.08. The van der Waals surface area contributed by atoms with Gasteiger partial charge in [-0.3, -0.25) is 9.69 Å². The highest BCUT2D eigenvalue weighted by molar-refractivity contribution is 7.98. The number of likely N-dealkylation sites (N-methyl/N-ethyl adjacent to an activating group) is 1. The summed E-state index contributed by atoms with van der Waals surface area (Å²) in [5, 5.41) is 3.86. The lowest BCUT2D eigenvalue weighted by molar-refractivity contribution is 0.0982. The number of hydrogen-bond donors (Lipinski definition) is 2. The quantitative estimate of drug-likeness (QED) is 0.160. The Morgan fingerprint density at radius 2 is 1.65 bits per heavy atom. The van der Waals surface area contributed by atoms with Gasteiger partial charge in [0.2, 0.25) is 5.88 Å². The topological polar surface area (TPSA) is 99.9 Å². The second kappa shape index (κ2) is 21.7. The molecule has 3 N–H and O–H groups in total. The van der Waals surface area contributed by atoms with E-state index >= 15 is 0 Å². The maximum atomic E-state index is 12.3. The van der Waals surface area contributed by atoms with E-state index < -0.39 is 5.91 Å². The molecule has 46 heavy (non-hydrogen) atoms. The number of unbranched alkanes of at least 4 members (excludes halogenated alkanes) is 1. The van der Waals surface area contributed by atoms with E-state index in [4.69, 9.17) is 15.5 Å². The van der Waals surface area contributed by atoms with Crippen LogP contribution in [0, 0.1) is 0 Å². The predicted octanol–water partition coefficient (Wildman–Crippen LogP) is 7.38. The van der Waals surface area contributed by atoms with Gasteiger partial charge in [-0.05, 0) is 63.3 Å². The number of primary amides is 1. The molecule has 1 aromatic carbocycles. The van der Waals surface area contributed by atoms with Gasteiger partial charge >= 0.3 is 0 Å². The monoisotopic (exact) mass is 653 g/mol. The molecule has 2 fully saturated rings. The number of thioether (sulfide) groups is 1. The Morgan fingerprint density at radius 3 is 2.17 bits per heavy atom. The van der Waals surface area contributed by atoms with Crippen LogP contribution in [0.25, 0.3) is 0 Å². The van der Waals surface area contributed by atoms with E-state index in [2.05, 4.69) is 71.2 Å². The predicted molar refractivity (Wildman–Crippen MR) is 197 cm³/mol. The number of nitrogens with one attached hydrogen (secondary N) is 1. The van der Waals surface area contributed by atoms with Gasteiger partial charge in [0.25, 0.3) is 5.91 Å². The standard InChI is InChI=1S/C30H47N7O2S.C4H6.C2H6/c1-5-7-9-25(8-6-2)39-29-30(40-4)33-26(27(31)38)28(34-29)32-22-10-12-23(13-11-22)36-16-14-24(15-17-36)37-20-18-35(3)19-21-37;1-3-4-2;1-2/h10-13,24-25H,5-9,14-21H2,1-4H3,(H2,31,38)(H,32,34);3-4H,1-2H2;1-2H3. The van der Waals surface area contributed by atoms with Crippen molar-refractivity contribution in [1.29, 1.82) is 0 Å². The van der Waals surface area contributed by atoms with Gasteiger partial charge in [-0.1, -0.05) is 72.3 Å². The average molecular weight is 654 g/mol. The first-order valence-corrected chi connectivity index (χ1v) is 18.3. The number of piperidine rings is 1. The number of piperazine rings is 1. The van der Waals surface area contributed by atoms with Crippen LogP contribution in [0.3, 0.4) is 0 Å². The second-order valence-corrected chi connectivity index (χ2v) is 12.3. The summed E-state index contributed by atoms with van der Waals surface area (Å²) in [6, 6.07) is 9.00. The molecule has 0 saturated carbocycles. The minimum absolute atomic E-state index is 0.0668. The highest BCUT2D eigenvalue weighted by atomic mass is 32.2. The lowest BCUT2D eigenvalue weighted by atomic mass is 10.0. The summed E-state index contributed by atoms with van der Waals surface area (Å²) >= 11 is 1.41. The molecule has 2 aliphatic rings. The molecule has 0 spiro atoms. The van der Waals surface area contributed by atoms with E-state index in [0.717, 1.165) is 50.9 Å². The summed E-state index contributed by atoms with van der Waals surface area (Å²) in [4.78, 5) is 29.1. The third-order valence-corrected chi connectivity index (χ3v) is 8.86. The number of aromatic nitrogens is 2. The Morgan fingerprint density at radius 1 is 1.02 bits per heavy atom. The summed E-state index contributed by atoms with van der Waals surface area (Å²) in [5.41, 5.74) is 7.86. The van der Waals surface area contributed by atoms with E-state index in [1.54, 1.807) is 12.2 Å². The zero-order valence-corrected chi connectivity index (χ0v) is 30.1. The molecule has 0 bridgehead atoms. The summed E-state index contributed by atoms with van der Waals surface area (Å²) in [7, 11) is 2.21. The third kappa shape index (κ3) is 12.3. The molecule has 1 unspecified atom stereocenters. The first-order chi connectivity index (χ1) is 22.3. The Labute approximate surface area is 283 Å². The molecule has 256 valence electrons. The minimum Gasteiger partial charge on any atom is -0.472 e. The minimum atomic E-state index is -0.618. The largest absolute Gasteiger partial charge is 0.472 e. The Kier molecular flexibility index (Phi) is 18.4. The van der Waals surface area contributed by atoms with Gasteiger partial charge in [-0.2, -0.15) is 4.98 Å². The first-order valence-electron chi connectivity index (χ1n) is 17.0. The van der Waals surface area contributed by atoms with Crippen LogP contribution in [-0.4, -0.2) is 90.4 Å². The number of nitrogens with two attached hydrogens (primary N) is 1. The average Bonchev–Trinajstić information content (AvgIpc) is 3.09. The molecule has 4 rings (SSSR count). The fourth-order valence-corrected chi connectivity index (χ4v) is 6.07. The van der Waals surface area contributed by atoms with Crippen LogP contribution in [-0.2, 0) is 0 Å². The van der Waals surface area contributed by atoms with Gasteiger partial charge in [0, 0.05) is 56.7 Å². The Bertz CT molecular complexity index is 1170. The van der Waals surface area contributed by atoms with Crippen LogP contribution in [0.1, 0.15) is 83.1 Å². The number of nitrogens with zero attached hydrogens (tertiary/aromatic N) is 5. The smallest absolute Gasteiger partial charge is 0.271 e. The second-order valence-electron chi connectivity index (χ2n) is 11.5. The highest BCUT2D eigenvalue weighted by Gasteiger charge is 2.27. The van der Waals surface area contributed by atoms with Crippen LogP contribution < -0.4 is 20.7 Å². The molecule has 9 nitrogen and oxygen atoms in total. The van der Waals surface area contributed by atoms with Crippen LogP contribution in [0.2, 0.25) is 0 Å². The SMILES string of the molecule is C=CC=C.CC.CCCCC(CCC)Oc1nc(Nc2ccc(N3CCC(N4CCN(C)CC4)CC3)cc2)c(C(N)=O)nc1SC. The lowest BCUT2D eigenvalue weighted by Crippen LogP contribution is -2.52. The molecule has 1 atom stereocenters. The Balaban J connectivity index is 0.00000114. The van der Waals surface area contributed by atoms with Crippen molar-refractivity contribution >= 4 is 34.9 Å². The fraction of sp³-hybridized carbons (Fsp3) is 0.583. The number of amides is 1. The van der Waals surface area contributed by atoms with Gasteiger partial charge in [0.05, 0.1) is 0 Å². The maximum absolute atomic E-state index is 12.3. The highest BCUT2D eigenvalue weighted by Crippen LogP contribution is 2.31. The van der Waals surface area contributed by atoms with Gasteiger partial charge in [0.1, 0.15) is 6.10 Å². The van der Waals surface area contributed by atoms with Gasteiger partial charge < -0.3 is 25.6 Å². The van der Waals surface area contributed by atoms with Crippen molar-refractivity contribution in [3.8, 4) is 5.88 Å². The molecule has 10 heteroatoms. The molecular weight excluding hydrogens is 595 g/mol. The lowest BCUT2D eigenvalue weighted by Gasteiger charge is -2.42. The fourth-order valence-electron chi connectivity index (χ4n) is 5.62. The maximum Gasteiger partial charge on any atom is 0.271 e. The first kappa shape index (κ1) is 39.1. The molecule has 2 saturated heterocycles. The van der Waals surface area contributed by atoms with Crippen molar-refractivity contribution in [3.63, 3.8) is 0 Å². The zero-order valence-electron chi connectivity index (χ0n) is 29.3. The number of ether oxygens (including phenoxy) is 1. The molecule has 3 heterocycles. The van der Waals surface area contributed by atoms with Crippen molar-refractivity contribution in [3.05, 3.63) is 55.3 Å². The molecule has 0 radical (unpaired) electrons. The zero-order chi connectivity index (χ0) is 33.9. The molecule has 1 aromatic heterocycles. The normalized spacial score (nSPS) is 16.3. The number of benzene rings is 1. The summed E-state index contributed by atoms with van der Waals surface area (Å²) in [5.74, 6) is 0.161. The molecule has 1 amide bonds. The summed E-state index contributed by atoms with van der Waals surface area (Å²) in [6.07, 6.45) is 12.8. The van der Waals surface area contributed by atoms with Gasteiger partial charge in [-0.15, -0.1) is 11.8 Å². The van der Waals surface area contributed by atoms with E-state index in [1.165, 1.54) is 56.5 Å². The van der Waals surface area contributed by atoms with Crippen molar-refractivity contribution in [1.82, 2.24) is 19.8 Å². The number of carbonyl (C=O) groups is 1. The molecule has 2 aromatic rings. The van der Waals surface area contributed by atoms with Crippen molar-refractivity contribution in [2.24, 2.45) is 5.73 Å². The van der Waals surface area contributed by atoms with Crippen molar-refractivity contribution in [2.45, 2.75) is 89.8 Å². The third-order valence-electron chi connectivity index (χ3n) is 8.21. The number of hydrogen-bond acceptors (Lipinski definition) is 9. The van der Waals surface area contributed by atoms with Crippen LogP contribution in [0.4, 0.5) is 17.2 Å². The summed E-state index contributed by atoms with van der Waals surface area (Å²) in [6.45, 7) is 21.9. The van der Waals surface area contributed by atoms with E-state index in [-0.39, 0.29) is 11.8 Å². The summed E-state index contributed by atoms with van der Waals surface area (Å²) < 4.78 is 6.35. The number of allylic oxidation sites excluding steroid dienone is 2.